The Morgan fingerprint density at radius 2 is 1.47 bits per heavy atom. The van der Waals surface area contributed by atoms with Crippen LogP contribution in [0.3, 0.4) is 0 Å². The molecule has 0 aliphatic carbocycles. The molecular weight excluding hydrogens is 252 g/mol. The van der Waals surface area contributed by atoms with Crippen molar-refractivity contribution in [2.45, 2.75) is 19.8 Å². The minimum Gasteiger partial charge on any atom is -0.486 e. The lowest BCUT2D eigenvalue weighted by molar-refractivity contribution is 0.305. The van der Waals surface area contributed by atoms with Crippen molar-refractivity contribution in [1.82, 2.24) is 0 Å². The fourth-order valence-corrected chi connectivity index (χ4v) is 2.26. The Bertz CT molecular complexity index is 358. The zero-order chi connectivity index (χ0) is 12.7. The molecule has 0 aliphatic heterocycles. The summed E-state index contributed by atoms with van der Waals surface area (Å²) in [6.07, 6.45) is 0. The number of rotatable bonds is 5. The summed E-state index contributed by atoms with van der Waals surface area (Å²) in [6.45, 7) is 4.88. The minimum absolute atomic E-state index is 0.249. The molecule has 0 N–H and O–H groups in total. The van der Waals surface area contributed by atoms with Crippen LogP contribution >= 0.6 is 24.4 Å². The van der Waals surface area contributed by atoms with E-state index >= 15 is 0 Å². The van der Waals surface area contributed by atoms with Gasteiger partial charge in [-0.05, 0) is 43.8 Å². The van der Waals surface area contributed by atoms with Crippen LogP contribution in [0.2, 0.25) is 0 Å². The van der Waals surface area contributed by atoms with Crippen LogP contribution in [-0.2, 0) is 9.47 Å². The van der Waals surface area contributed by atoms with Crippen LogP contribution in [-0.4, -0.2) is 23.3 Å². The summed E-state index contributed by atoms with van der Waals surface area (Å²) >= 11 is 10.5. The zero-order valence-corrected chi connectivity index (χ0v) is 11.6. The first kappa shape index (κ1) is 14.1. The molecule has 0 bridgehead atoms. The Hall–Kier alpha value is -1.00. The van der Waals surface area contributed by atoms with Crippen molar-refractivity contribution in [3.63, 3.8) is 0 Å². The summed E-state index contributed by atoms with van der Waals surface area (Å²) in [5.41, 5.74) is 1.00. The van der Waals surface area contributed by atoms with Gasteiger partial charge in [-0.3, -0.25) is 0 Å². The average Bonchev–Trinajstić information content (AvgIpc) is 2.31. The van der Waals surface area contributed by atoms with Crippen LogP contribution in [0, 0.1) is 0 Å². The van der Waals surface area contributed by atoms with Crippen molar-refractivity contribution in [2.24, 2.45) is 0 Å². The summed E-state index contributed by atoms with van der Waals surface area (Å²) in [7, 11) is 0. The molecule has 0 aromatic heterocycles. The maximum Gasteiger partial charge on any atom is 0.175 e. The standard InChI is InChI=1S/C13H16O2S2/c1-3-14-12(16)11(13(17)15-4-2)10-8-6-5-7-9-10/h5-9,11H,3-4H2,1-2H3. The van der Waals surface area contributed by atoms with E-state index in [0.29, 0.717) is 23.3 Å². The Balaban J connectivity index is 2.94. The molecule has 0 amide bonds. The van der Waals surface area contributed by atoms with Crippen molar-refractivity contribution < 1.29 is 9.47 Å². The zero-order valence-electron chi connectivity index (χ0n) is 10.0. The van der Waals surface area contributed by atoms with Gasteiger partial charge >= 0.3 is 0 Å². The predicted molar refractivity (Wildman–Crippen MR) is 77.6 cm³/mol. The van der Waals surface area contributed by atoms with Crippen LogP contribution in [0.1, 0.15) is 25.3 Å². The first-order valence-corrected chi connectivity index (χ1v) is 6.40. The Morgan fingerprint density at radius 1 is 1.00 bits per heavy atom. The summed E-state index contributed by atoms with van der Waals surface area (Å²) in [4.78, 5) is 0. The van der Waals surface area contributed by atoms with E-state index < -0.39 is 0 Å². The Labute approximate surface area is 113 Å². The number of hydrogen-bond donors (Lipinski definition) is 0. The van der Waals surface area contributed by atoms with Crippen LogP contribution in [0.25, 0.3) is 0 Å². The van der Waals surface area contributed by atoms with Crippen molar-refractivity contribution in [1.29, 1.82) is 0 Å². The molecule has 1 aromatic carbocycles. The summed E-state index contributed by atoms with van der Waals surface area (Å²) in [6, 6.07) is 9.80. The molecule has 0 aliphatic rings. The van der Waals surface area contributed by atoms with Crippen molar-refractivity contribution >= 4 is 34.5 Å². The van der Waals surface area contributed by atoms with Gasteiger partial charge in [0.25, 0.3) is 0 Å². The first-order chi connectivity index (χ1) is 8.20. The van der Waals surface area contributed by atoms with Gasteiger partial charge < -0.3 is 9.47 Å². The van der Waals surface area contributed by atoms with E-state index in [1.54, 1.807) is 0 Å². The number of benzene rings is 1. The topological polar surface area (TPSA) is 18.5 Å². The minimum atomic E-state index is -0.249. The van der Waals surface area contributed by atoms with Gasteiger partial charge in [0.1, 0.15) is 5.92 Å². The number of thiocarbonyl (C=S) groups is 2. The van der Waals surface area contributed by atoms with E-state index in [1.807, 2.05) is 44.2 Å². The molecular formula is C13H16O2S2. The third kappa shape index (κ3) is 4.06. The van der Waals surface area contributed by atoms with Crippen molar-refractivity contribution in [3.05, 3.63) is 35.9 Å². The molecule has 17 heavy (non-hydrogen) atoms. The quantitative estimate of drug-likeness (QED) is 0.761. The molecule has 2 nitrogen and oxygen atoms in total. The molecule has 4 heteroatoms. The summed E-state index contributed by atoms with van der Waals surface area (Å²) < 4.78 is 10.8. The highest BCUT2D eigenvalue weighted by atomic mass is 32.1. The molecule has 0 unspecified atom stereocenters. The fraction of sp³-hybridized carbons (Fsp3) is 0.385. The normalized spacial score (nSPS) is 10.1. The van der Waals surface area contributed by atoms with Crippen LogP contribution in [0.5, 0.6) is 0 Å². The van der Waals surface area contributed by atoms with E-state index in [1.165, 1.54) is 0 Å². The predicted octanol–water partition coefficient (Wildman–Crippen LogP) is 3.50. The lowest BCUT2D eigenvalue weighted by atomic mass is 10.0. The highest BCUT2D eigenvalue weighted by molar-refractivity contribution is 7.82. The van der Waals surface area contributed by atoms with Gasteiger partial charge in [-0.2, -0.15) is 0 Å². The van der Waals surface area contributed by atoms with Gasteiger partial charge in [-0.25, -0.2) is 0 Å². The van der Waals surface area contributed by atoms with Gasteiger partial charge in [0.2, 0.25) is 0 Å². The van der Waals surface area contributed by atoms with Gasteiger partial charge in [-0.1, -0.05) is 30.3 Å². The van der Waals surface area contributed by atoms with E-state index in [4.69, 9.17) is 33.9 Å². The van der Waals surface area contributed by atoms with E-state index in [2.05, 4.69) is 0 Å². The molecule has 1 rings (SSSR count). The van der Waals surface area contributed by atoms with E-state index in [0.717, 1.165) is 5.56 Å². The summed E-state index contributed by atoms with van der Waals surface area (Å²) in [5, 5.41) is 0.939. The number of ether oxygens (including phenoxy) is 2. The van der Waals surface area contributed by atoms with Crippen LogP contribution in [0.4, 0.5) is 0 Å². The second kappa shape index (κ2) is 7.35. The monoisotopic (exact) mass is 268 g/mol. The van der Waals surface area contributed by atoms with Gasteiger partial charge in [-0.15, -0.1) is 0 Å². The van der Waals surface area contributed by atoms with E-state index in [-0.39, 0.29) is 5.92 Å². The lowest BCUT2D eigenvalue weighted by Crippen LogP contribution is -2.23. The van der Waals surface area contributed by atoms with Gasteiger partial charge in [0.05, 0.1) is 13.2 Å². The molecule has 0 radical (unpaired) electrons. The molecule has 0 saturated heterocycles. The molecule has 0 atom stereocenters. The molecule has 92 valence electrons. The highest BCUT2D eigenvalue weighted by Gasteiger charge is 2.24. The van der Waals surface area contributed by atoms with Crippen molar-refractivity contribution in [3.8, 4) is 0 Å². The molecule has 0 heterocycles. The van der Waals surface area contributed by atoms with Crippen LogP contribution < -0.4 is 0 Å². The smallest absolute Gasteiger partial charge is 0.175 e. The second-order valence-electron chi connectivity index (χ2n) is 3.35. The van der Waals surface area contributed by atoms with Gasteiger partial charge in [0.15, 0.2) is 10.1 Å². The molecule has 1 aromatic rings. The Kier molecular flexibility index (Phi) is 6.08. The Morgan fingerprint density at radius 3 is 1.88 bits per heavy atom. The third-order valence-corrected chi connectivity index (χ3v) is 2.88. The van der Waals surface area contributed by atoms with Crippen molar-refractivity contribution in [2.75, 3.05) is 13.2 Å². The third-order valence-electron chi connectivity index (χ3n) is 2.18. The first-order valence-electron chi connectivity index (χ1n) is 5.58. The van der Waals surface area contributed by atoms with Crippen LogP contribution in [0.15, 0.2) is 30.3 Å². The molecule has 0 fully saturated rings. The maximum atomic E-state index is 5.39. The SMILES string of the molecule is CCOC(=S)C(C(=S)OCC)c1ccccc1. The second-order valence-corrected chi connectivity index (χ2v) is 4.15. The molecule has 0 spiro atoms. The summed E-state index contributed by atoms with van der Waals surface area (Å²) in [5.74, 6) is -0.249. The maximum absolute atomic E-state index is 5.39. The largest absolute Gasteiger partial charge is 0.486 e. The fourth-order valence-electron chi connectivity index (χ4n) is 1.47. The van der Waals surface area contributed by atoms with E-state index in [9.17, 15) is 0 Å². The highest BCUT2D eigenvalue weighted by Crippen LogP contribution is 2.21. The lowest BCUT2D eigenvalue weighted by Gasteiger charge is -2.19. The number of hydrogen-bond acceptors (Lipinski definition) is 4. The average molecular weight is 268 g/mol. The molecule has 0 saturated carbocycles. The van der Waals surface area contributed by atoms with Gasteiger partial charge in [0, 0.05) is 0 Å².